The molecule has 3 rings (SSSR count). The van der Waals surface area contributed by atoms with Crippen molar-refractivity contribution in [3.8, 4) is 5.75 Å². The molecule has 1 saturated heterocycles. The summed E-state index contributed by atoms with van der Waals surface area (Å²) >= 11 is 0. The third-order valence-electron chi connectivity index (χ3n) is 3.70. The Morgan fingerprint density at radius 1 is 1.25 bits per heavy atom. The van der Waals surface area contributed by atoms with Crippen LogP contribution in [-0.2, 0) is 0 Å². The molecule has 4 heteroatoms. The third kappa shape index (κ3) is 2.37. The quantitative estimate of drug-likeness (QED) is 0.911. The average molecular weight is 268 g/mol. The summed E-state index contributed by atoms with van der Waals surface area (Å²) in [4.78, 5) is 18.4. The van der Waals surface area contributed by atoms with Crippen molar-refractivity contribution in [3.05, 3.63) is 59.9 Å². The monoisotopic (exact) mass is 268 g/mol. The molecule has 0 bridgehead atoms. The van der Waals surface area contributed by atoms with E-state index in [9.17, 15) is 9.90 Å². The van der Waals surface area contributed by atoms with Gasteiger partial charge in [0.15, 0.2) is 0 Å². The Labute approximate surface area is 117 Å². The number of phenolic OH excluding ortho intramolecular Hbond substituents is 1. The van der Waals surface area contributed by atoms with Crippen LogP contribution in [0.1, 0.15) is 34.8 Å². The molecular weight excluding hydrogens is 252 g/mol. The Morgan fingerprint density at radius 2 is 2.05 bits per heavy atom. The molecule has 1 atom stereocenters. The van der Waals surface area contributed by atoms with Crippen LogP contribution in [0.4, 0.5) is 0 Å². The maximum absolute atomic E-state index is 12.5. The van der Waals surface area contributed by atoms with Crippen molar-refractivity contribution >= 4 is 5.91 Å². The number of hydrogen-bond donors (Lipinski definition) is 1. The first-order valence-corrected chi connectivity index (χ1v) is 6.75. The van der Waals surface area contributed by atoms with Crippen LogP contribution >= 0.6 is 0 Å². The van der Waals surface area contributed by atoms with Gasteiger partial charge in [0.2, 0.25) is 0 Å². The minimum absolute atomic E-state index is 0.0219. The smallest absolute Gasteiger partial charge is 0.255 e. The zero-order valence-electron chi connectivity index (χ0n) is 11.1. The van der Waals surface area contributed by atoms with Crippen molar-refractivity contribution in [1.29, 1.82) is 0 Å². The van der Waals surface area contributed by atoms with Gasteiger partial charge in [-0.1, -0.05) is 12.1 Å². The van der Waals surface area contributed by atoms with E-state index in [1.165, 1.54) is 0 Å². The molecule has 102 valence electrons. The van der Waals surface area contributed by atoms with Crippen LogP contribution in [0.5, 0.6) is 5.75 Å². The Kier molecular flexibility index (Phi) is 3.37. The number of carbonyl (C=O) groups is 1. The van der Waals surface area contributed by atoms with Crippen molar-refractivity contribution < 1.29 is 9.90 Å². The highest BCUT2D eigenvalue weighted by Gasteiger charge is 2.30. The summed E-state index contributed by atoms with van der Waals surface area (Å²) in [6.45, 7) is 0.763. The van der Waals surface area contributed by atoms with E-state index >= 15 is 0 Å². The minimum atomic E-state index is 0.0219. The number of amides is 1. The zero-order valence-corrected chi connectivity index (χ0v) is 11.1. The molecule has 1 aromatic heterocycles. The van der Waals surface area contributed by atoms with Crippen LogP contribution in [-0.4, -0.2) is 27.4 Å². The summed E-state index contributed by atoms with van der Waals surface area (Å²) in [5.74, 6) is 0.269. The number of pyridine rings is 1. The second kappa shape index (κ2) is 5.33. The fourth-order valence-corrected chi connectivity index (χ4v) is 2.71. The number of aromatic hydroxyl groups is 1. The lowest BCUT2D eigenvalue weighted by Gasteiger charge is -2.25. The van der Waals surface area contributed by atoms with E-state index in [0.717, 1.165) is 24.9 Å². The van der Waals surface area contributed by atoms with Crippen molar-refractivity contribution in [3.63, 3.8) is 0 Å². The highest BCUT2D eigenvalue weighted by Crippen LogP contribution is 2.33. The molecule has 1 fully saturated rings. The molecule has 1 aliphatic heterocycles. The van der Waals surface area contributed by atoms with Crippen LogP contribution in [0.25, 0.3) is 0 Å². The van der Waals surface area contributed by atoms with Gasteiger partial charge < -0.3 is 10.0 Å². The standard InChI is InChI=1S/C16H16N2O2/c19-14-7-5-12(6-8-14)15-4-2-10-18(15)16(20)13-3-1-9-17-11-13/h1,3,5-9,11,15,19H,2,4,10H2/t15-/m0/s1. The number of nitrogens with zero attached hydrogens (tertiary/aromatic N) is 2. The number of hydrogen-bond acceptors (Lipinski definition) is 3. The molecule has 2 heterocycles. The topological polar surface area (TPSA) is 53.4 Å². The van der Waals surface area contributed by atoms with Gasteiger partial charge in [0.25, 0.3) is 5.91 Å². The van der Waals surface area contributed by atoms with Crippen molar-refractivity contribution in [1.82, 2.24) is 9.88 Å². The van der Waals surface area contributed by atoms with E-state index in [0.29, 0.717) is 5.56 Å². The number of phenols is 1. The first-order valence-electron chi connectivity index (χ1n) is 6.75. The van der Waals surface area contributed by atoms with Crippen LogP contribution in [0.3, 0.4) is 0 Å². The predicted octanol–water partition coefficient (Wildman–Crippen LogP) is 2.76. The van der Waals surface area contributed by atoms with Crippen LogP contribution in [0.15, 0.2) is 48.8 Å². The fourth-order valence-electron chi connectivity index (χ4n) is 2.71. The zero-order chi connectivity index (χ0) is 13.9. The van der Waals surface area contributed by atoms with E-state index in [1.54, 1.807) is 36.7 Å². The molecule has 0 aliphatic carbocycles. The molecule has 0 unspecified atom stereocenters. The number of aromatic nitrogens is 1. The van der Waals surface area contributed by atoms with E-state index in [4.69, 9.17) is 0 Å². The van der Waals surface area contributed by atoms with Gasteiger partial charge in [0.1, 0.15) is 5.75 Å². The highest BCUT2D eigenvalue weighted by molar-refractivity contribution is 5.94. The molecule has 1 N–H and O–H groups in total. The Morgan fingerprint density at radius 3 is 2.75 bits per heavy atom. The summed E-state index contributed by atoms with van der Waals surface area (Å²) in [5, 5.41) is 9.36. The normalized spacial score (nSPS) is 18.2. The largest absolute Gasteiger partial charge is 0.508 e. The molecule has 0 saturated carbocycles. The van der Waals surface area contributed by atoms with E-state index in [1.807, 2.05) is 17.0 Å². The second-order valence-corrected chi connectivity index (χ2v) is 4.99. The van der Waals surface area contributed by atoms with Gasteiger partial charge in [-0.05, 0) is 42.7 Å². The highest BCUT2D eigenvalue weighted by atomic mass is 16.3. The number of carbonyl (C=O) groups excluding carboxylic acids is 1. The maximum atomic E-state index is 12.5. The second-order valence-electron chi connectivity index (χ2n) is 4.99. The van der Waals surface area contributed by atoms with E-state index in [-0.39, 0.29) is 17.7 Å². The summed E-state index contributed by atoms with van der Waals surface area (Å²) in [7, 11) is 0. The molecule has 1 aromatic carbocycles. The maximum Gasteiger partial charge on any atom is 0.255 e. The summed E-state index contributed by atoms with van der Waals surface area (Å²) in [6, 6.07) is 10.8. The van der Waals surface area contributed by atoms with Gasteiger partial charge in [-0.2, -0.15) is 0 Å². The number of benzene rings is 1. The molecule has 0 radical (unpaired) electrons. The number of rotatable bonds is 2. The molecule has 4 nitrogen and oxygen atoms in total. The molecule has 1 aliphatic rings. The van der Waals surface area contributed by atoms with Gasteiger partial charge in [0.05, 0.1) is 11.6 Å². The Balaban J connectivity index is 1.86. The first-order chi connectivity index (χ1) is 9.75. The summed E-state index contributed by atoms with van der Waals surface area (Å²) < 4.78 is 0. The Hall–Kier alpha value is -2.36. The summed E-state index contributed by atoms with van der Waals surface area (Å²) in [6.07, 6.45) is 5.22. The summed E-state index contributed by atoms with van der Waals surface area (Å²) in [5.41, 5.74) is 1.69. The van der Waals surface area contributed by atoms with Gasteiger partial charge >= 0.3 is 0 Å². The third-order valence-corrected chi connectivity index (χ3v) is 3.70. The Bertz CT molecular complexity index is 596. The van der Waals surface area contributed by atoms with E-state index in [2.05, 4.69) is 4.98 Å². The average Bonchev–Trinajstić information content (AvgIpc) is 2.97. The van der Waals surface area contributed by atoms with Crippen LogP contribution < -0.4 is 0 Å². The van der Waals surface area contributed by atoms with Gasteiger partial charge in [-0.15, -0.1) is 0 Å². The van der Waals surface area contributed by atoms with Gasteiger partial charge in [0, 0.05) is 18.9 Å². The molecule has 0 spiro atoms. The fraction of sp³-hybridized carbons (Fsp3) is 0.250. The van der Waals surface area contributed by atoms with Gasteiger partial charge in [-0.25, -0.2) is 0 Å². The van der Waals surface area contributed by atoms with Crippen LogP contribution in [0.2, 0.25) is 0 Å². The van der Waals surface area contributed by atoms with Crippen LogP contribution in [0, 0.1) is 0 Å². The first kappa shape index (κ1) is 12.7. The van der Waals surface area contributed by atoms with Crippen molar-refractivity contribution in [2.45, 2.75) is 18.9 Å². The lowest BCUT2D eigenvalue weighted by Crippen LogP contribution is -2.30. The number of likely N-dealkylation sites (tertiary alicyclic amines) is 1. The minimum Gasteiger partial charge on any atom is -0.508 e. The molecular formula is C16H16N2O2. The predicted molar refractivity (Wildman–Crippen MR) is 75.4 cm³/mol. The van der Waals surface area contributed by atoms with E-state index < -0.39 is 0 Å². The lowest BCUT2D eigenvalue weighted by atomic mass is 10.0. The van der Waals surface area contributed by atoms with Crippen molar-refractivity contribution in [2.24, 2.45) is 0 Å². The lowest BCUT2D eigenvalue weighted by molar-refractivity contribution is 0.0735. The van der Waals surface area contributed by atoms with Crippen molar-refractivity contribution in [2.75, 3.05) is 6.54 Å². The molecule has 20 heavy (non-hydrogen) atoms. The van der Waals surface area contributed by atoms with Gasteiger partial charge in [-0.3, -0.25) is 9.78 Å². The molecule has 2 aromatic rings. The molecule has 1 amide bonds. The SMILES string of the molecule is O=C(c1cccnc1)N1CCC[C@H]1c1ccc(O)cc1.